The molecule has 2 saturated carbocycles. The molecule has 4 atom stereocenters. The third-order valence-corrected chi connectivity index (χ3v) is 14.0. The Kier molecular flexibility index (Phi) is 6.98. The minimum atomic E-state index is -0.599. The molecule has 0 radical (unpaired) electrons. The average Bonchev–Trinajstić information content (AvgIpc) is 3.53. The Bertz CT molecular complexity index is 1250. The van der Waals surface area contributed by atoms with Gasteiger partial charge in [0.05, 0.1) is 0 Å². The molecule has 1 spiro atoms. The zero-order valence-electron chi connectivity index (χ0n) is 21.1. The Labute approximate surface area is 222 Å². The molecule has 2 nitrogen and oxygen atoms in total. The molecule has 4 heteroatoms. The number of ether oxygens (including phenoxy) is 1. The van der Waals surface area contributed by atoms with Crippen LogP contribution < -0.4 is 21.2 Å². The number of benzene rings is 4. The van der Waals surface area contributed by atoms with Crippen molar-refractivity contribution >= 4 is 43.0 Å². The summed E-state index contributed by atoms with van der Waals surface area (Å²) in [7, 11) is -1.12. The lowest BCUT2D eigenvalue weighted by Gasteiger charge is -2.32. The Morgan fingerprint density at radius 1 is 0.622 bits per heavy atom. The maximum Gasteiger partial charge on any atom is 0.302 e. The summed E-state index contributed by atoms with van der Waals surface area (Å²) in [4.78, 5) is 12.1. The van der Waals surface area contributed by atoms with Crippen LogP contribution in [0.2, 0.25) is 0 Å². The molecule has 0 N–H and O–H groups in total. The molecule has 2 unspecified atom stereocenters. The summed E-state index contributed by atoms with van der Waals surface area (Å²) in [6.45, 7) is 1.56. The number of rotatable bonds is 7. The van der Waals surface area contributed by atoms with Crippen LogP contribution >= 0.6 is 15.8 Å². The fourth-order valence-electron chi connectivity index (χ4n) is 6.41. The van der Waals surface area contributed by atoms with Crippen LogP contribution in [0.4, 0.5) is 0 Å². The van der Waals surface area contributed by atoms with Gasteiger partial charge in [0.1, 0.15) is 6.10 Å². The lowest BCUT2D eigenvalue weighted by atomic mass is 10.1. The molecule has 0 aliphatic heterocycles. The third kappa shape index (κ3) is 4.90. The zero-order chi connectivity index (χ0) is 25.2. The van der Waals surface area contributed by atoms with Gasteiger partial charge in [-0.05, 0) is 73.1 Å². The molecule has 4 aromatic carbocycles. The van der Waals surface area contributed by atoms with Gasteiger partial charge in [0.15, 0.2) is 0 Å². The van der Waals surface area contributed by atoms with Crippen LogP contribution in [-0.2, 0) is 9.53 Å². The number of hydrogen-bond acceptors (Lipinski definition) is 2. The van der Waals surface area contributed by atoms with Gasteiger partial charge in [-0.15, -0.1) is 0 Å². The van der Waals surface area contributed by atoms with Crippen molar-refractivity contribution < 1.29 is 9.53 Å². The standard InChI is InChI=1S/C33H32O2P2/c1-25(34)35-26-22-31(36(27-14-6-2-7-15-27)28-16-8-3-9-17-28)33(23-26)24-32(33)37(29-18-10-4-11-19-29)30-20-12-5-13-21-30/h2-21,26,31-32H,22-24H2,1H3/t26?,31-,32-,33?/m0/s1. The van der Waals surface area contributed by atoms with Gasteiger partial charge >= 0.3 is 5.97 Å². The van der Waals surface area contributed by atoms with E-state index in [-0.39, 0.29) is 17.5 Å². The SMILES string of the molecule is CC(=O)OC1C[C@H](P(c2ccccc2)c2ccccc2)C2(C1)C[C@@H]2P(c1ccccc1)c1ccccc1. The van der Waals surface area contributed by atoms with Crippen LogP contribution in [0.1, 0.15) is 26.2 Å². The first kappa shape index (κ1) is 24.5. The molecule has 6 rings (SSSR count). The average molecular weight is 523 g/mol. The zero-order valence-corrected chi connectivity index (χ0v) is 22.9. The summed E-state index contributed by atoms with van der Waals surface area (Å²) in [6.07, 6.45) is 3.11. The predicted molar refractivity (Wildman–Crippen MR) is 158 cm³/mol. The molecule has 0 amide bonds. The smallest absolute Gasteiger partial charge is 0.302 e. The second-order valence-electron chi connectivity index (χ2n) is 10.2. The highest BCUT2D eigenvalue weighted by atomic mass is 31.1. The predicted octanol–water partition coefficient (Wildman–Crippen LogP) is 6.11. The summed E-state index contributed by atoms with van der Waals surface area (Å²) in [5.41, 5.74) is 1.23. The number of carbonyl (C=O) groups is 1. The van der Waals surface area contributed by atoms with E-state index >= 15 is 0 Å². The van der Waals surface area contributed by atoms with Gasteiger partial charge in [0.25, 0.3) is 0 Å². The Hall–Kier alpha value is -2.79. The summed E-state index contributed by atoms with van der Waals surface area (Å²) in [5.74, 6) is -0.157. The number of carbonyl (C=O) groups excluding carboxylic acids is 1. The van der Waals surface area contributed by atoms with E-state index in [4.69, 9.17) is 4.74 Å². The van der Waals surface area contributed by atoms with Crippen molar-refractivity contribution in [2.75, 3.05) is 0 Å². The molecule has 0 saturated heterocycles. The molecule has 2 aliphatic carbocycles. The monoisotopic (exact) mass is 522 g/mol. The van der Waals surface area contributed by atoms with Crippen molar-refractivity contribution in [1.82, 2.24) is 0 Å². The maximum absolute atomic E-state index is 12.1. The minimum Gasteiger partial charge on any atom is -0.463 e. The summed E-state index contributed by atoms with van der Waals surface area (Å²) in [6, 6.07) is 44.3. The highest BCUT2D eigenvalue weighted by Crippen LogP contribution is 2.75. The van der Waals surface area contributed by atoms with Crippen molar-refractivity contribution in [2.24, 2.45) is 5.41 Å². The lowest BCUT2D eigenvalue weighted by molar-refractivity contribution is -0.146. The summed E-state index contributed by atoms with van der Waals surface area (Å²) in [5, 5.41) is 5.74. The fraction of sp³-hybridized carbons (Fsp3) is 0.242. The van der Waals surface area contributed by atoms with Crippen molar-refractivity contribution in [3.05, 3.63) is 121 Å². The molecule has 4 aromatic rings. The first-order chi connectivity index (χ1) is 18.2. The molecule has 37 heavy (non-hydrogen) atoms. The summed E-state index contributed by atoms with van der Waals surface area (Å²) >= 11 is 0. The highest BCUT2D eigenvalue weighted by Gasteiger charge is 2.67. The van der Waals surface area contributed by atoms with Crippen LogP contribution in [0.5, 0.6) is 0 Å². The van der Waals surface area contributed by atoms with Gasteiger partial charge in [-0.2, -0.15) is 0 Å². The quantitative estimate of drug-likeness (QED) is 0.216. The number of hydrogen-bond donors (Lipinski definition) is 0. The van der Waals surface area contributed by atoms with Crippen LogP contribution in [-0.4, -0.2) is 23.4 Å². The van der Waals surface area contributed by atoms with Crippen molar-refractivity contribution in [1.29, 1.82) is 0 Å². The maximum atomic E-state index is 12.1. The molecule has 0 heterocycles. The highest BCUT2D eigenvalue weighted by molar-refractivity contribution is 7.75. The normalized spacial score (nSPS) is 24.5. The Morgan fingerprint density at radius 2 is 1.00 bits per heavy atom. The van der Waals surface area contributed by atoms with Crippen LogP contribution in [0, 0.1) is 5.41 Å². The van der Waals surface area contributed by atoms with Crippen LogP contribution in [0.15, 0.2) is 121 Å². The van der Waals surface area contributed by atoms with Gasteiger partial charge in [0, 0.05) is 6.92 Å². The molecular weight excluding hydrogens is 490 g/mol. The third-order valence-electron chi connectivity index (χ3n) is 7.93. The van der Waals surface area contributed by atoms with E-state index in [1.54, 1.807) is 6.92 Å². The van der Waals surface area contributed by atoms with Gasteiger partial charge in [-0.3, -0.25) is 4.79 Å². The van der Waals surface area contributed by atoms with E-state index in [0.717, 1.165) is 12.8 Å². The van der Waals surface area contributed by atoms with Crippen molar-refractivity contribution in [3.63, 3.8) is 0 Å². The fourth-order valence-corrected chi connectivity index (χ4v) is 13.2. The molecule has 2 aliphatic rings. The van der Waals surface area contributed by atoms with Crippen LogP contribution in [0.3, 0.4) is 0 Å². The topological polar surface area (TPSA) is 26.3 Å². The van der Waals surface area contributed by atoms with Crippen molar-refractivity contribution in [2.45, 2.75) is 43.6 Å². The van der Waals surface area contributed by atoms with E-state index in [1.165, 1.54) is 27.6 Å². The Morgan fingerprint density at radius 3 is 1.38 bits per heavy atom. The van der Waals surface area contributed by atoms with E-state index in [0.29, 0.717) is 11.3 Å². The first-order valence-electron chi connectivity index (χ1n) is 13.1. The van der Waals surface area contributed by atoms with Gasteiger partial charge in [-0.1, -0.05) is 121 Å². The molecule has 0 bridgehead atoms. The largest absolute Gasteiger partial charge is 0.463 e. The molecule has 2 fully saturated rings. The van der Waals surface area contributed by atoms with E-state index < -0.39 is 15.8 Å². The minimum absolute atomic E-state index is 0.00618. The van der Waals surface area contributed by atoms with Crippen molar-refractivity contribution in [3.8, 4) is 0 Å². The van der Waals surface area contributed by atoms with Crippen LogP contribution in [0.25, 0.3) is 0 Å². The van der Waals surface area contributed by atoms with E-state index in [9.17, 15) is 4.79 Å². The first-order valence-corrected chi connectivity index (χ1v) is 15.9. The van der Waals surface area contributed by atoms with Gasteiger partial charge < -0.3 is 4.74 Å². The Balaban J connectivity index is 1.45. The van der Waals surface area contributed by atoms with Gasteiger partial charge in [0.2, 0.25) is 0 Å². The molecule has 0 aromatic heterocycles. The van der Waals surface area contributed by atoms with Gasteiger partial charge in [-0.25, -0.2) is 0 Å². The molecular formula is C33H32O2P2. The second kappa shape index (κ2) is 10.5. The lowest BCUT2D eigenvalue weighted by Crippen LogP contribution is -2.28. The molecule has 186 valence electrons. The summed E-state index contributed by atoms with van der Waals surface area (Å²) < 4.78 is 5.96. The number of esters is 1. The second-order valence-corrected chi connectivity index (χ2v) is 15.0. The van der Waals surface area contributed by atoms with E-state index in [2.05, 4.69) is 121 Å². The van der Waals surface area contributed by atoms with E-state index in [1.807, 2.05) is 0 Å².